The molecule has 0 aromatic heterocycles. The van der Waals surface area contributed by atoms with Crippen molar-refractivity contribution in [3.05, 3.63) is 48.0 Å². The number of methoxy groups -OCH3 is 3. The third kappa shape index (κ3) is 6.20. The Hall–Kier alpha value is -3.09. The highest BCUT2D eigenvalue weighted by Gasteiger charge is 2.23. The summed E-state index contributed by atoms with van der Waals surface area (Å²) >= 11 is 0. The van der Waals surface area contributed by atoms with Crippen LogP contribution in [0.5, 0.6) is 17.2 Å². The molecule has 2 aromatic carbocycles. The van der Waals surface area contributed by atoms with E-state index in [9.17, 15) is 0 Å². The first-order chi connectivity index (χ1) is 15.2. The smallest absolute Gasteiger partial charge is 0.191 e. The Bertz CT molecular complexity index is 872. The van der Waals surface area contributed by atoms with E-state index in [0.717, 1.165) is 61.4 Å². The molecule has 0 bridgehead atoms. The minimum atomic E-state index is 0.531. The molecule has 1 fully saturated rings. The van der Waals surface area contributed by atoms with Gasteiger partial charge in [0, 0.05) is 49.6 Å². The lowest BCUT2D eigenvalue weighted by Crippen LogP contribution is -2.40. The molecule has 2 N–H and O–H groups in total. The summed E-state index contributed by atoms with van der Waals surface area (Å²) in [7, 11) is 5.02. The summed E-state index contributed by atoms with van der Waals surface area (Å²) in [6, 6.07) is 14.1. The molecule has 7 heteroatoms. The molecule has 3 rings (SSSR count). The molecule has 1 aliphatic rings. The zero-order valence-electron chi connectivity index (χ0n) is 19.0. The number of anilines is 1. The number of hydrogen-bond donors (Lipinski definition) is 2. The monoisotopic (exact) mass is 426 g/mol. The minimum absolute atomic E-state index is 0.531. The normalized spacial score (nSPS) is 16.2. The average molecular weight is 427 g/mol. The largest absolute Gasteiger partial charge is 0.497 e. The van der Waals surface area contributed by atoms with Gasteiger partial charge < -0.3 is 29.7 Å². The molecule has 1 heterocycles. The van der Waals surface area contributed by atoms with Crippen LogP contribution in [-0.4, -0.2) is 53.5 Å². The lowest BCUT2D eigenvalue weighted by molar-refractivity contribution is 0.391. The Balaban J connectivity index is 1.57. The fraction of sp³-hybridized carbons (Fsp3) is 0.458. The van der Waals surface area contributed by atoms with Gasteiger partial charge in [-0.05, 0) is 43.5 Å². The van der Waals surface area contributed by atoms with E-state index in [1.807, 2.05) is 30.3 Å². The number of guanidine groups is 1. The van der Waals surface area contributed by atoms with Crippen LogP contribution in [0.3, 0.4) is 0 Å². The van der Waals surface area contributed by atoms with E-state index < -0.39 is 0 Å². The molecular formula is C24H34N4O3. The van der Waals surface area contributed by atoms with Gasteiger partial charge >= 0.3 is 0 Å². The van der Waals surface area contributed by atoms with Crippen molar-refractivity contribution in [2.75, 3.05) is 52.4 Å². The number of nitrogens with zero attached hydrogens (tertiary/aromatic N) is 2. The molecule has 0 saturated carbocycles. The van der Waals surface area contributed by atoms with E-state index in [0.29, 0.717) is 12.5 Å². The van der Waals surface area contributed by atoms with E-state index in [-0.39, 0.29) is 0 Å². The number of hydrogen-bond acceptors (Lipinski definition) is 5. The van der Waals surface area contributed by atoms with Crippen molar-refractivity contribution < 1.29 is 14.2 Å². The second-order valence-electron chi connectivity index (χ2n) is 7.56. The average Bonchev–Trinajstić information content (AvgIpc) is 3.30. The van der Waals surface area contributed by atoms with Gasteiger partial charge in [0.15, 0.2) is 5.96 Å². The topological polar surface area (TPSA) is 67.4 Å². The van der Waals surface area contributed by atoms with Crippen molar-refractivity contribution in [3.63, 3.8) is 0 Å². The Morgan fingerprint density at radius 2 is 1.84 bits per heavy atom. The number of ether oxygens (including phenoxy) is 3. The summed E-state index contributed by atoms with van der Waals surface area (Å²) in [6.45, 7) is 6.37. The molecule has 31 heavy (non-hydrogen) atoms. The number of aliphatic imine (C=N–C) groups is 1. The maximum atomic E-state index is 5.49. The molecule has 0 spiro atoms. The van der Waals surface area contributed by atoms with E-state index in [2.05, 4.69) is 34.6 Å². The summed E-state index contributed by atoms with van der Waals surface area (Å²) in [4.78, 5) is 7.17. The SMILES string of the molecule is CCNC(=NCc1ccc(OC)cc1OC)NCC1CCN(c2cccc(OC)c2)C1. The second-order valence-corrected chi connectivity index (χ2v) is 7.56. The third-order valence-corrected chi connectivity index (χ3v) is 5.51. The van der Waals surface area contributed by atoms with Crippen LogP contribution >= 0.6 is 0 Å². The highest BCUT2D eigenvalue weighted by atomic mass is 16.5. The molecule has 1 saturated heterocycles. The van der Waals surface area contributed by atoms with Gasteiger partial charge in [0.05, 0.1) is 27.9 Å². The lowest BCUT2D eigenvalue weighted by Gasteiger charge is -2.20. The van der Waals surface area contributed by atoms with Crippen molar-refractivity contribution in [3.8, 4) is 17.2 Å². The summed E-state index contributed by atoms with van der Waals surface area (Å²) in [5.41, 5.74) is 2.24. The molecule has 0 amide bonds. The molecule has 7 nitrogen and oxygen atoms in total. The van der Waals surface area contributed by atoms with Crippen LogP contribution in [-0.2, 0) is 6.54 Å². The first-order valence-corrected chi connectivity index (χ1v) is 10.8. The first kappa shape index (κ1) is 22.6. The highest BCUT2D eigenvalue weighted by Crippen LogP contribution is 2.27. The van der Waals surface area contributed by atoms with Crippen molar-refractivity contribution >= 4 is 11.6 Å². The number of nitrogens with one attached hydrogen (secondary N) is 2. The summed E-state index contributed by atoms with van der Waals surface area (Å²) in [6.07, 6.45) is 1.15. The predicted molar refractivity (Wildman–Crippen MR) is 126 cm³/mol. The Morgan fingerprint density at radius 1 is 1.03 bits per heavy atom. The van der Waals surface area contributed by atoms with Crippen LogP contribution in [0.25, 0.3) is 0 Å². The molecule has 1 atom stereocenters. The standard InChI is InChI=1S/C24H34N4O3/c1-5-25-24(27-16-19-9-10-22(30-3)14-23(19)31-4)26-15-18-11-12-28(17-18)20-7-6-8-21(13-20)29-2/h6-10,13-14,18H,5,11-12,15-17H2,1-4H3,(H2,25,26,27). The molecule has 0 aliphatic carbocycles. The zero-order valence-corrected chi connectivity index (χ0v) is 19.0. The molecular weight excluding hydrogens is 392 g/mol. The van der Waals surface area contributed by atoms with Crippen LogP contribution in [0, 0.1) is 5.92 Å². The van der Waals surface area contributed by atoms with Crippen LogP contribution in [0.1, 0.15) is 18.9 Å². The van der Waals surface area contributed by atoms with Crippen LogP contribution in [0.15, 0.2) is 47.5 Å². The van der Waals surface area contributed by atoms with E-state index >= 15 is 0 Å². The van der Waals surface area contributed by atoms with Crippen LogP contribution < -0.4 is 29.7 Å². The first-order valence-electron chi connectivity index (χ1n) is 10.8. The van der Waals surface area contributed by atoms with Gasteiger partial charge in [0.2, 0.25) is 0 Å². The van der Waals surface area contributed by atoms with Crippen molar-refractivity contribution in [2.45, 2.75) is 19.9 Å². The van der Waals surface area contributed by atoms with E-state index in [4.69, 9.17) is 19.2 Å². The third-order valence-electron chi connectivity index (χ3n) is 5.51. The van der Waals surface area contributed by atoms with Crippen molar-refractivity contribution in [2.24, 2.45) is 10.9 Å². The maximum absolute atomic E-state index is 5.49. The fourth-order valence-corrected chi connectivity index (χ4v) is 3.77. The van der Waals surface area contributed by atoms with E-state index in [1.165, 1.54) is 5.69 Å². The zero-order chi connectivity index (χ0) is 22.1. The summed E-state index contributed by atoms with van der Waals surface area (Å²) in [5.74, 6) is 3.83. The molecule has 1 aliphatic heterocycles. The van der Waals surface area contributed by atoms with Gasteiger partial charge in [-0.3, -0.25) is 0 Å². The molecule has 168 valence electrons. The Labute approximate surface area is 185 Å². The number of benzene rings is 2. The van der Waals surface area contributed by atoms with Crippen LogP contribution in [0.2, 0.25) is 0 Å². The summed E-state index contributed by atoms with van der Waals surface area (Å²) in [5, 5.41) is 6.85. The van der Waals surface area contributed by atoms with Crippen molar-refractivity contribution in [1.82, 2.24) is 10.6 Å². The molecule has 1 unspecified atom stereocenters. The molecule has 0 radical (unpaired) electrons. The Kier molecular flexibility index (Phi) is 8.27. The van der Waals surface area contributed by atoms with Gasteiger partial charge in [-0.25, -0.2) is 4.99 Å². The maximum Gasteiger partial charge on any atom is 0.191 e. The van der Waals surface area contributed by atoms with Gasteiger partial charge in [0.1, 0.15) is 17.2 Å². The quantitative estimate of drug-likeness (QED) is 0.474. The lowest BCUT2D eigenvalue weighted by atomic mass is 10.1. The van der Waals surface area contributed by atoms with Gasteiger partial charge in [-0.1, -0.05) is 6.07 Å². The Morgan fingerprint density at radius 3 is 2.58 bits per heavy atom. The number of rotatable bonds is 9. The van der Waals surface area contributed by atoms with Gasteiger partial charge in [0.25, 0.3) is 0 Å². The van der Waals surface area contributed by atoms with Gasteiger partial charge in [-0.2, -0.15) is 0 Å². The minimum Gasteiger partial charge on any atom is -0.497 e. The highest BCUT2D eigenvalue weighted by molar-refractivity contribution is 5.79. The summed E-state index contributed by atoms with van der Waals surface area (Å²) < 4.78 is 16.1. The van der Waals surface area contributed by atoms with E-state index in [1.54, 1.807) is 21.3 Å². The second kappa shape index (κ2) is 11.3. The van der Waals surface area contributed by atoms with Crippen LogP contribution in [0.4, 0.5) is 5.69 Å². The predicted octanol–water partition coefficient (Wildman–Crippen LogP) is 3.29. The van der Waals surface area contributed by atoms with Crippen molar-refractivity contribution in [1.29, 1.82) is 0 Å². The fourth-order valence-electron chi connectivity index (χ4n) is 3.77. The van der Waals surface area contributed by atoms with Gasteiger partial charge in [-0.15, -0.1) is 0 Å². The molecule has 2 aromatic rings.